The molecule has 0 unspecified atom stereocenters. The van der Waals surface area contributed by atoms with Gasteiger partial charge in [-0.15, -0.1) is 0 Å². The lowest BCUT2D eigenvalue weighted by Gasteiger charge is -2.28. The SMILES string of the molecule is c1ccc(N(c2ccccc2)c2cc3cccc4c5cccc6ccc7cccc(c8cccc2c8c34)c7c65)cc1. The summed E-state index contributed by atoms with van der Waals surface area (Å²) in [5.74, 6) is 0. The van der Waals surface area contributed by atoms with E-state index in [0.717, 1.165) is 11.4 Å². The van der Waals surface area contributed by atoms with Crippen LogP contribution in [0.4, 0.5) is 17.1 Å². The van der Waals surface area contributed by atoms with Crippen molar-refractivity contribution in [3.63, 3.8) is 0 Å². The number of nitrogens with zero attached hydrogens (tertiary/aromatic N) is 1. The summed E-state index contributed by atoms with van der Waals surface area (Å²) in [6, 6.07) is 55.6. The first-order chi connectivity index (χ1) is 20.4. The Balaban J connectivity index is 1.57. The van der Waals surface area contributed by atoms with Gasteiger partial charge in [-0.3, -0.25) is 0 Å². The second-order valence-corrected chi connectivity index (χ2v) is 10.9. The summed E-state index contributed by atoms with van der Waals surface area (Å²) in [5, 5.41) is 15.6. The van der Waals surface area contributed by atoms with Crippen LogP contribution in [0.5, 0.6) is 0 Å². The molecular weight excluding hydrogens is 494 g/mol. The quantitative estimate of drug-likeness (QED) is 0.210. The molecule has 0 aliphatic heterocycles. The van der Waals surface area contributed by atoms with Crippen LogP contribution >= 0.6 is 0 Å². The largest absolute Gasteiger partial charge is 0.310 e. The van der Waals surface area contributed by atoms with Crippen LogP contribution in [0.15, 0.2) is 152 Å². The molecule has 0 aliphatic carbocycles. The van der Waals surface area contributed by atoms with Crippen LogP contribution in [0.1, 0.15) is 0 Å². The topological polar surface area (TPSA) is 3.24 Å². The Hall–Kier alpha value is -5.40. The van der Waals surface area contributed by atoms with Crippen molar-refractivity contribution >= 4 is 81.7 Å². The van der Waals surface area contributed by atoms with Crippen LogP contribution in [0, 0.1) is 0 Å². The molecule has 1 heteroatoms. The van der Waals surface area contributed by atoms with E-state index in [1.165, 1.54) is 70.3 Å². The molecule has 0 radical (unpaired) electrons. The maximum Gasteiger partial charge on any atom is 0.0546 e. The molecular formula is C40H25N. The molecule has 0 bridgehead atoms. The van der Waals surface area contributed by atoms with E-state index in [1.807, 2.05) is 0 Å². The van der Waals surface area contributed by atoms with Crippen LogP contribution in [0.25, 0.3) is 64.6 Å². The number of benzene rings is 8. The predicted octanol–water partition coefficient (Wildman–Crippen LogP) is 11.5. The van der Waals surface area contributed by atoms with Gasteiger partial charge in [0.2, 0.25) is 0 Å². The van der Waals surface area contributed by atoms with Gasteiger partial charge in [0, 0.05) is 22.1 Å². The number of anilines is 3. The summed E-state index contributed by atoms with van der Waals surface area (Å²) >= 11 is 0. The highest BCUT2D eigenvalue weighted by atomic mass is 15.1. The summed E-state index contributed by atoms with van der Waals surface area (Å²) in [4.78, 5) is 2.40. The second kappa shape index (κ2) is 8.55. The molecule has 9 rings (SSSR count). The normalized spacial score (nSPS) is 11.9. The van der Waals surface area contributed by atoms with Gasteiger partial charge >= 0.3 is 0 Å². The lowest BCUT2D eigenvalue weighted by atomic mass is 9.87. The van der Waals surface area contributed by atoms with Crippen LogP contribution < -0.4 is 4.90 Å². The highest BCUT2D eigenvalue weighted by Gasteiger charge is 2.20. The Kier molecular flexibility index (Phi) is 4.67. The molecule has 0 amide bonds. The van der Waals surface area contributed by atoms with Gasteiger partial charge in [0.05, 0.1) is 5.69 Å². The molecule has 0 N–H and O–H groups in total. The lowest BCUT2D eigenvalue weighted by Crippen LogP contribution is -2.10. The van der Waals surface area contributed by atoms with E-state index in [9.17, 15) is 0 Å². The second-order valence-electron chi connectivity index (χ2n) is 10.9. The highest BCUT2D eigenvalue weighted by molar-refractivity contribution is 6.38. The summed E-state index contributed by atoms with van der Waals surface area (Å²) in [5.41, 5.74) is 3.47. The van der Waals surface area contributed by atoms with Crippen LogP contribution in [-0.4, -0.2) is 0 Å². The summed E-state index contributed by atoms with van der Waals surface area (Å²) in [6.07, 6.45) is 0. The van der Waals surface area contributed by atoms with Crippen molar-refractivity contribution in [1.82, 2.24) is 0 Å². The van der Waals surface area contributed by atoms with Gasteiger partial charge in [0.15, 0.2) is 0 Å². The molecule has 0 saturated heterocycles. The molecule has 0 spiro atoms. The first kappa shape index (κ1) is 22.4. The molecule has 0 aliphatic rings. The standard InChI is InChI=1S/C40H25N/c1-3-14-29(15-4-1)41(30-16-5-2-6-17-30)36-25-28-13-9-20-32-31-18-7-11-26-23-24-27-12-8-19-33(38(27)37(26)31)34-21-10-22-35(36)40(34)39(28)32/h1-25H. The fraction of sp³-hybridized carbons (Fsp3) is 0. The zero-order chi connectivity index (χ0) is 26.9. The maximum atomic E-state index is 2.40. The van der Waals surface area contributed by atoms with Crippen molar-refractivity contribution in [2.75, 3.05) is 4.90 Å². The number of para-hydroxylation sites is 2. The van der Waals surface area contributed by atoms with E-state index < -0.39 is 0 Å². The molecule has 9 aromatic rings. The minimum atomic E-state index is 1.14. The summed E-state index contributed by atoms with van der Waals surface area (Å²) < 4.78 is 0. The molecule has 0 heterocycles. The third-order valence-corrected chi connectivity index (χ3v) is 8.72. The fourth-order valence-electron chi connectivity index (χ4n) is 7.05. The van der Waals surface area contributed by atoms with Crippen molar-refractivity contribution in [1.29, 1.82) is 0 Å². The zero-order valence-electron chi connectivity index (χ0n) is 22.4. The van der Waals surface area contributed by atoms with Crippen molar-refractivity contribution in [2.45, 2.75) is 0 Å². The Morgan fingerprint density at radius 1 is 0.293 bits per heavy atom. The first-order valence-electron chi connectivity index (χ1n) is 14.2. The van der Waals surface area contributed by atoms with Crippen LogP contribution in [0.3, 0.4) is 0 Å². The Bertz CT molecular complexity index is 2370. The van der Waals surface area contributed by atoms with Gasteiger partial charge in [-0.2, -0.15) is 0 Å². The van der Waals surface area contributed by atoms with Crippen molar-refractivity contribution in [3.05, 3.63) is 152 Å². The van der Waals surface area contributed by atoms with Gasteiger partial charge in [-0.25, -0.2) is 0 Å². The van der Waals surface area contributed by atoms with Crippen molar-refractivity contribution in [3.8, 4) is 0 Å². The van der Waals surface area contributed by atoms with Gasteiger partial charge in [-0.1, -0.05) is 121 Å². The molecule has 9 aromatic carbocycles. The minimum Gasteiger partial charge on any atom is -0.310 e. The highest BCUT2D eigenvalue weighted by Crippen LogP contribution is 2.47. The molecule has 0 saturated carbocycles. The van der Waals surface area contributed by atoms with E-state index in [0.29, 0.717) is 0 Å². The van der Waals surface area contributed by atoms with E-state index in [1.54, 1.807) is 0 Å². The third kappa shape index (κ3) is 3.18. The van der Waals surface area contributed by atoms with Gasteiger partial charge in [-0.05, 0) is 84.2 Å². The van der Waals surface area contributed by atoms with Crippen LogP contribution in [-0.2, 0) is 0 Å². The molecule has 1 nitrogen and oxygen atoms in total. The van der Waals surface area contributed by atoms with E-state index in [2.05, 4.69) is 157 Å². The summed E-state index contributed by atoms with van der Waals surface area (Å²) in [7, 11) is 0. The predicted molar refractivity (Wildman–Crippen MR) is 177 cm³/mol. The Labute approximate surface area is 237 Å². The fourth-order valence-corrected chi connectivity index (χ4v) is 7.05. The third-order valence-electron chi connectivity index (χ3n) is 8.72. The molecule has 190 valence electrons. The maximum absolute atomic E-state index is 2.40. The lowest BCUT2D eigenvalue weighted by molar-refractivity contribution is 1.30. The van der Waals surface area contributed by atoms with Gasteiger partial charge in [0.1, 0.15) is 0 Å². The zero-order valence-corrected chi connectivity index (χ0v) is 22.4. The average Bonchev–Trinajstić information content (AvgIpc) is 3.04. The van der Waals surface area contributed by atoms with Gasteiger partial charge < -0.3 is 4.90 Å². The van der Waals surface area contributed by atoms with Crippen molar-refractivity contribution in [2.24, 2.45) is 0 Å². The Morgan fingerprint density at radius 2 is 0.707 bits per heavy atom. The van der Waals surface area contributed by atoms with E-state index in [-0.39, 0.29) is 0 Å². The van der Waals surface area contributed by atoms with Gasteiger partial charge in [0.25, 0.3) is 0 Å². The summed E-state index contributed by atoms with van der Waals surface area (Å²) in [6.45, 7) is 0. The molecule has 0 atom stereocenters. The first-order valence-corrected chi connectivity index (χ1v) is 14.2. The van der Waals surface area contributed by atoms with Crippen LogP contribution in [0.2, 0.25) is 0 Å². The van der Waals surface area contributed by atoms with Crippen molar-refractivity contribution < 1.29 is 0 Å². The molecule has 0 fully saturated rings. The number of rotatable bonds is 3. The Morgan fingerprint density at radius 3 is 1.24 bits per heavy atom. The van der Waals surface area contributed by atoms with E-state index in [4.69, 9.17) is 0 Å². The number of hydrogen-bond donors (Lipinski definition) is 0. The average molecular weight is 520 g/mol. The van der Waals surface area contributed by atoms with E-state index >= 15 is 0 Å². The number of fused-ring (bicyclic) bond motifs is 2. The smallest absolute Gasteiger partial charge is 0.0546 e. The molecule has 41 heavy (non-hydrogen) atoms. The molecule has 0 aromatic heterocycles. The minimum absolute atomic E-state index is 1.14. The number of hydrogen-bond acceptors (Lipinski definition) is 1. The monoisotopic (exact) mass is 519 g/mol.